The zero-order valence-electron chi connectivity index (χ0n) is 17.0. The van der Waals surface area contributed by atoms with Crippen LogP contribution in [-0.2, 0) is 0 Å². The first-order chi connectivity index (χ1) is 10.4. The summed E-state index contributed by atoms with van der Waals surface area (Å²) in [6.07, 6.45) is 14.3. The Labute approximate surface area is 142 Å². The minimum atomic E-state index is 0.853. The van der Waals surface area contributed by atoms with Gasteiger partial charge in [0.15, 0.2) is 0 Å². The standard InChI is InChI=1S/C22H46/c1-8-19(4)12-9-13-20(5)14-10-15-21(6)16-11-17-22(7)18(2)3/h18-22H,8-17H2,1-7H3. The lowest BCUT2D eigenvalue weighted by Crippen LogP contribution is -2.05. The fourth-order valence-corrected chi connectivity index (χ4v) is 3.24. The highest BCUT2D eigenvalue weighted by Gasteiger charge is 2.09. The Hall–Kier alpha value is 0. The Morgan fingerprint density at radius 3 is 1.23 bits per heavy atom. The second-order valence-corrected chi connectivity index (χ2v) is 8.74. The molecule has 0 heteroatoms. The molecule has 22 heavy (non-hydrogen) atoms. The van der Waals surface area contributed by atoms with Crippen molar-refractivity contribution in [2.45, 2.75) is 113 Å². The van der Waals surface area contributed by atoms with E-state index in [1.807, 2.05) is 0 Å². The van der Waals surface area contributed by atoms with Crippen LogP contribution in [0, 0.1) is 29.6 Å². The molecule has 0 fully saturated rings. The summed E-state index contributed by atoms with van der Waals surface area (Å²) >= 11 is 0. The summed E-state index contributed by atoms with van der Waals surface area (Å²) in [5.74, 6) is 4.56. The van der Waals surface area contributed by atoms with E-state index in [4.69, 9.17) is 0 Å². The number of hydrogen-bond donors (Lipinski definition) is 0. The SMILES string of the molecule is CCC(C)CCCC(C)CCCC(C)CCCC(C)C(C)C. The maximum absolute atomic E-state index is 2.47. The summed E-state index contributed by atoms with van der Waals surface area (Å²) < 4.78 is 0. The highest BCUT2D eigenvalue weighted by Crippen LogP contribution is 2.23. The van der Waals surface area contributed by atoms with E-state index in [1.165, 1.54) is 64.2 Å². The Balaban J connectivity index is 3.52. The topological polar surface area (TPSA) is 0 Å². The van der Waals surface area contributed by atoms with E-state index in [-0.39, 0.29) is 0 Å². The molecule has 0 rings (SSSR count). The molecule has 0 aliphatic rings. The first-order valence-corrected chi connectivity index (χ1v) is 10.4. The van der Waals surface area contributed by atoms with Gasteiger partial charge in [-0.1, -0.05) is 113 Å². The van der Waals surface area contributed by atoms with Gasteiger partial charge >= 0.3 is 0 Å². The molecule has 0 N–H and O–H groups in total. The van der Waals surface area contributed by atoms with Crippen molar-refractivity contribution in [3.05, 3.63) is 0 Å². The first-order valence-electron chi connectivity index (χ1n) is 10.4. The quantitative estimate of drug-likeness (QED) is 0.304. The van der Waals surface area contributed by atoms with Crippen LogP contribution in [0.25, 0.3) is 0 Å². The van der Waals surface area contributed by atoms with E-state index in [1.54, 1.807) is 0 Å². The molecular weight excluding hydrogens is 264 g/mol. The van der Waals surface area contributed by atoms with Gasteiger partial charge < -0.3 is 0 Å². The summed E-state index contributed by atoms with van der Waals surface area (Å²) in [7, 11) is 0. The summed E-state index contributed by atoms with van der Waals surface area (Å²) in [6, 6.07) is 0. The van der Waals surface area contributed by atoms with E-state index in [0.717, 1.165) is 29.6 Å². The van der Waals surface area contributed by atoms with E-state index in [0.29, 0.717) is 0 Å². The van der Waals surface area contributed by atoms with Crippen LogP contribution in [0.4, 0.5) is 0 Å². The van der Waals surface area contributed by atoms with Crippen molar-refractivity contribution in [3.63, 3.8) is 0 Å². The average Bonchev–Trinajstić information content (AvgIpc) is 2.46. The molecule has 0 bridgehead atoms. The minimum absolute atomic E-state index is 0.853. The van der Waals surface area contributed by atoms with Crippen LogP contribution >= 0.6 is 0 Å². The summed E-state index contributed by atoms with van der Waals surface area (Å²) in [5, 5.41) is 0. The predicted molar refractivity (Wildman–Crippen MR) is 103 cm³/mol. The minimum Gasteiger partial charge on any atom is -0.0651 e. The molecule has 4 atom stereocenters. The van der Waals surface area contributed by atoms with Crippen molar-refractivity contribution in [1.29, 1.82) is 0 Å². The first kappa shape index (κ1) is 22.0. The van der Waals surface area contributed by atoms with Crippen molar-refractivity contribution in [1.82, 2.24) is 0 Å². The van der Waals surface area contributed by atoms with Crippen LogP contribution in [-0.4, -0.2) is 0 Å². The lowest BCUT2D eigenvalue weighted by atomic mass is 9.88. The van der Waals surface area contributed by atoms with Gasteiger partial charge in [-0.05, 0) is 29.6 Å². The van der Waals surface area contributed by atoms with Crippen molar-refractivity contribution < 1.29 is 0 Å². The largest absolute Gasteiger partial charge is 0.0651 e. The maximum atomic E-state index is 2.47. The Kier molecular flexibility index (Phi) is 13.4. The van der Waals surface area contributed by atoms with Crippen molar-refractivity contribution >= 4 is 0 Å². The van der Waals surface area contributed by atoms with Crippen molar-refractivity contribution in [2.24, 2.45) is 29.6 Å². The Bertz CT molecular complexity index is 230. The zero-order valence-corrected chi connectivity index (χ0v) is 17.0. The molecule has 0 radical (unpaired) electrons. The monoisotopic (exact) mass is 310 g/mol. The van der Waals surface area contributed by atoms with Gasteiger partial charge in [-0.25, -0.2) is 0 Å². The van der Waals surface area contributed by atoms with Crippen molar-refractivity contribution in [2.75, 3.05) is 0 Å². The third-order valence-electron chi connectivity index (χ3n) is 5.98. The lowest BCUT2D eigenvalue weighted by Gasteiger charge is -2.18. The molecule has 0 aromatic heterocycles. The molecule has 0 aromatic carbocycles. The van der Waals surface area contributed by atoms with Crippen LogP contribution < -0.4 is 0 Å². The summed E-state index contributed by atoms with van der Waals surface area (Å²) in [6.45, 7) is 16.8. The molecule has 0 heterocycles. The molecule has 0 nitrogen and oxygen atoms in total. The average molecular weight is 311 g/mol. The Morgan fingerprint density at radius 2 is 0.864 bits per heavy atom. The van der Waals surface area contributed by atoms with Gasteiger partial charge in [-0.2, -0.15) is 0 Å². The molecule has 0 aliphatic carbocycles. The smallest absolute Gasteiger partial charge is 0.0420 e. The maximum Gasteiger partial charge on any atom is -0.0420 e. The van der Waals surface area contributed by atoms with Gasteiger partial charge in [0.25, 0.3) is 0 Å². The zero-order chi connectivity index (χ0) is 17.0. The van der Waals surface area contributed by atoms with Crippen LogP contribution in [0.2, 0.25) is 0 Å². The van der Waals surface area contributed by atoms with Gasteiger partial charge in [0, 0.05) is 0 Å². The molecule has 4 unspecified atom stereocenters. The van der Waals surface area contributed by atoms with Gasteiger partial charge in [-0.3, -0.25) is 0 Å². The van der Waals surface area contributed by atoms with Crippen LogP contribution in [0.1, 0.15) is 113 Å². The van der Waals surface area contributed by atoms with Crippen LogP contribution in [0.5, 0.6) is 0 Å². The molecule has 0 amide bonds. The van der Waals surface area contributed by atoms with E-state index in [9.17, 15) is 0 Å². The third kappa shape index (κ3) is 12.5. The fraction of sp³-hybridized carbons (Fsp3) is 1.00. The highest BCUT2D eigenvalue weighted by molar-refractivity contribution is 4.62. The Morgan fingerprint density at radius 1 is 0.500 bits per heavy atom. The van der Waals surface area contributed by atoms with E-state index in [2.05, 4.69) is 48.5 Å². The van der Waals surface area contributed by atoms with E-state index < -0.39 is 0 Å². The molecule has 0 saturated carbocycles. The fourth-order valence-electron chi connectivity index (χ4n) is 3.24. The lowest BCUT2D eigenvalue weighted by molar-refractivity contribution is 0.346. The van der Waals surface area contributed by atoms with Crippen LogP contribution in [0.15, 0.2) is 0 Å². The van der Waals surface area contributed by atoms with Gasteiger partial charge in [-0.15, -0.1) is 0 Å². The van der Waals surface area contributed by atoms with Gasteiger partial charge in [0.05, 0.1) is 0 Å². The molecular formula is C22H46. The molecule has 0 aromatic rings. The molecule has 134 valence electrons. The summed E-state index contributed by atoms with van der Waals surface area (Å²) in [4.78, 5) is 0. The van der Waals surface area contributed by atoms with Crippen molar-refractivity contribution in [3.8, 4) is 0 Å². The normalized spacial score (nSPS) is 17.5. The summed E-state index contributed by atoms with van der Waals surface area (Å²) in [5.41, 5.74) is 0. The molecule has 0 aliphatic heterocycles. The molecule has 0 spiro atoms. The van der Waals surface area contributed by atoms with Crippen LogP contribution in [0.3, 0.4) is 0 Å². The predicted octanol–water partition coefficient (Wildman–Crippen LogP) is 8.11. The number of hydrogen-bond acceptors (Lipinski definition) is 0. The van der Waals surface area contributed by atoms with Gasteiger partial charge in [0.1, 0.15) is 0 Å². The van der Waals surface area contributed by atoms with E-state index >= 15 is 0 Å². The second kappa shape index (κ2) is 13.4. The van der Waals surface area contributed by atoms with Gasteiger partial charge in [0.2, 0.25) is 0 Å². The number of rotatable bonds is 14. The second-order valence-electron chi connectivity index (χ2n) is 8.74. The highest BCUT2D eigenvalue weighted by atomic mass is 14.2. The third-order valence-corrected chi connectivity index (χ3v) is 5.98. The molecule has 0 saturated heterocycles.